The molecule has 0 fully saturated rings. The lowest BCUT2D eigenvalue weighted by Gasteiger charge is -2.30. The quantitative estimate of drug-likeness (QED) is 0.440. The van der Waals surface area contributed by atoms with E-state index in [1.807, 2.05) is 34.8 Å². The van der Waals surface area contributed by atoms with Crippen LogP contribution in [0.5, 0.6) is 5.75 Å². The van der Waals surface area contributed by atoms with Gasteiger partial charge in [-0.3, -0.25) is 0 Å². The van der Waals surface area contributed by atoms with E-state index < -0.39 is 0 Å². The second kappa shape index (κ2) is 7.09. The molecule has 0 aliphatic carbocycles. The van der Waals surface area contributed by atoms with Crippen LogP contribution in [0.1, 0.15) is 11.1 Å². The molecule has 0 amide bonds. The largest absolute Gasteiger partial charge is 0.497 e. The van der Waals surface area contributed by atoms with E-state index in [4.69, 9.17) is 9.84 Å². The van der Waals surface area contributed by atoms with Gasteiger partial charge in [0, 0.05) is 29.4 Å². The van der Waals surface area contributed by atoms with Gasteiger partial charge in [-0.05, 0) is 29.7 Å². The molecule has 0 saturated carbocycles. The molecular weight excluding hydrogens is 386 g/mol. The van der Waals surface area contributed by atoms with Crippen molar-refractivity contribution in [2.75, 3.05) is 18.6 Å². The second-order valence-electron chi connectivity index (χ2n) is 7.80. The summed E-state index contributed by atoms with van der Waals surface area (Å²) in [5, 5.41) is 16.2. The maximum atomic E-state index is 5.40. The molecule has 0 saturated heterocycles. The van der Waals surface area contributed by atoms with Crippen LogP contribution < -0.4 is 9.64 Å². The fraction of sp³-hybridized carbons (Fsp3) is 0.160. The normalized spacial score (nSPS) is 13.5. The lowest BCUT2D eigenvalue weighted by Crippen LogP contribution is -2.31. The highest BCUT2D eigenvalue weighted by Gasteiger charge is 2.22. The highest BCUT2D eigenvalue weighted by atomic mass is 16.5. The van der Waals surface area contributed by atoms with Crippen LogP contribution in [0.2, 0.25) is 0 Å². The van der Waals surface area contributed by atoms with Crippen LogP contribution >= 0.6 is 0 Å². The van der Waals surface area contributed by atoms with Crippen LogP contribution in [0.3, 0.4) is 0 Å². The number of aromatic nitrogens is 4. The van der Waals surface area contributed by atoms with E-state index in [0.29, 0.717) is 5.82 Å². The summed E-state index contributed by atoms with van der Waals surface area (Å²) in [6.45, 7) is 1.77. The van der Waals surface area contributed by atoms with E-state index in [-0.39, 0.29) is 0 Å². The van der Waals surface area contributed by atoms with E-state index in [2.05, 4.69) is 57.6 Å². The van der Waals surface area contributed by atoms with Crippen LogP contribution in [0.15, 0.2) is 72.8 Å². The molecule has 1 aliphatic heterocycles. The van der Waals surface area contributed by atoms with Gasteiger partial charge < -0.3 is 9.64 Å². The van der Waals surface area contributed by atoms with Gasteiger partial charge in [0.2, 0.25) is 0 Å². The molecule has 0 N–H and O–H groups in total. The standard InChI is InChI=1S/C25H21N5O/c1-31-20-10-6-9-18(15-20)23-26-27-24-21-11-4-5-12-22(21)25(28-30(23)24)29-14-13-17-7-2-3-8-19(17)16-29/h2-12,15H,13-14,16H2,1H3. The van der Waals surface area contributed by atoms with Gasteiger partial charge in [-0.1, -0.05) is 60.7 Å². The first-order valence-electron chi connectivity index (χ1n) is 10.4. The number of anilines is 1. The van der Waals surface area contributed by atoms with Crippen molar-refractivity contribution in [2.45, 2.75) is 13.0 Å². The summed E-state index contributed by atoms with van der Waals surface area (Å²) >= 11 is 0. The number of benzene rings is 3. The van der Waals surface area contributed by atoms with E-state index in [1.54, 1.807) is 7.11 Å². The Kier molecular flexibility index (Phi) is 4.09. The van der Waals surface area contributed by atoms with Gasteiger partial charge in [0.25, 0.3) is 0 Å². The van der Waals surface area contributed by atoms with E-state index in [1.165, 1.54) is 11.1 Å². The number of ether oxygens (including phenoxy) is 1. The molecule has 0 spiro atoms. The summed E-state index contributed by atoms with van der Waals surface area (Å²) in [4.78, 5) is 2.36. The molecular formula is C25H21N5O. The maximum absolute atomic E-state index is 5.40. The van der Waals surface area contributed by atoms with Gasteiger partial charge >= 0.3 is 0 Å². The zero-order valence-electron chi connectivity index (χ0n) is 17.2. The van der Waals surface area contributed by atoms with Crippen LogP contribution in [0.4, 0.5) is 5.82 Å². The van der Waals surface area contributed by atoms with Crippen molar-refractivity contribution in [2.24, 2.45) is 0 Å². The third-order valence-corrected chi connectivity index (χ3v) is 6.00. The number of hydrogen-bond acceptors (Lipinski definition) is 5. The minimum absolute atomic E-state index is 0.707. The maximum Gasteiger partial charge on any atom is 0.186 e. The molecule has 3 heterocycles. The summed E-state index contributed by atoms with van der Waals surface area (Å²) < 4.78 is 7.27. The van der Waals surface area contributed by atoms with Crippen LogP contribution in [-0.4, -0.2) is 33.5 Å². The van der Waals surface area contributed by atoms with Gasteiger partial charge in [0.15, 0.2) is 17.3 Å². The average Bonchev–Trinajstić information content (AvgIpc) is 3.27. The van der Waals surface area contributed by atoms with Gasteiger partial charge in [-0.2, -0.15) is 4.52 Å². The number of hydrogen-bond donors (Lipinski definition) is 0. The first-order chi connectivity index (χ1) is 15.3. The molecule has 0 bridgehead atoms. The summed E-state index contributed by atoms with van der Waals surface area (Å²) in [7, 11) is 1.67. The Hall–Kier alpha value is -3.93. The lowest BCUT2D eigenvalue weighted by atomic mass is 9.99. The molecule has 3 aromatic carbocycles. The Balaban J connectivity index is 1.55. The van der Waals surface area contributed by atoms with E-state index in [0.717, 1.165) is 53.1 Å². The molecule has 0 atom stereocenters. The first kappa shape index (κ1) is 17.9. The predicted molar refractivity (Wildman–Crippen MR) is 121 cm³/mol. The SMILES string of the molecule is COc1cccc(-c2nnc3c4ccccc4c(N4CCc5ccccc5C4)nn23)c1. The molecule has 1 aliphatic rings. The minimum atomic E-state index is 0.707. The Labute approximate surface area is 179 Å². The summed E-state index contributed by atoms with van der Waals surface area (Å²) in [6.07, 6.45) is 1.01. The predicted octanol–water partition coefficient (Wildman–Crippen LogP) is 4.52. The average molecular weight is 407 g/mol. The van der Waals surface area contributed by atoms with Gasteiger partial charge in [-0.25, -0.2) is 0 Å². The first-order valence-corrected chi connectivity index (χ1v) is 10.4. The molecule has 0 radical (unpaired) electrons. The third kappa shape index (κ3) is 2.91. The molecule has 0 unspecified atom stereocenters. The number of fused-ring (bicyclic) bond motifs is 4. The summed E-state index contributed by atoms with van der Waals surface area (Å²) in [6, 6.07) is 24.8. The van der Waals surface area contributed by atoms with Crippen molar-refractivity contribution in [1.82, 2.24) is 19.8 Å². The molecule has 5 aromatic rings. The third-order valence-electron chi connectivity index (χ3n) is 6.00. The fourth-order valence-corrected chi connectivity index (χ4v) is 4.42. The Morgan fingerprint density at radius 2 is 1.65 bits per heavy atom. The van der Waals surface area contributed by atoms with Crippen molar-refractivity contribution >= 4 is 22.2 Å². The van der Waals surface area contributed by atoms with Crippen molar-refractivity contribution in [3.05, 3.63) is 83.9 Å². The molecule has 152 valence electrons. The summed E-state index contributed by atoms with van der Waals surface area (Å²) in [5.41, 5.74) is 4.46. The van der Waals surface area contributed by atoms with Crippen molar-refractivity contribution in [3.63, 3.8) is 0 Å². The Morgan fingerprint density at radius 3 is 2.52 bits per heavy atom. The zero-order valence-corrected chi connectivity index (χ0v) is 17.2. The van der Waals surface area contributed by atoms with Gasteiger partial charge in [-0.15, -0.1) is 15.3 Å². The Morgan fingerprint density at radius 1 is 0.839 bits per heavy atom. The molecule has 6 nitrogen and oxygen atoms in total. The van der Waals surface area contributed by atoms with Crippen LogP contribution in [-0.2, 0) is 13.0 Å². The number of nitrogens with zero attached hydrogens (tertiary/aromatic N) is 5. The molecule has 6 heteroatoms. The summed E-state index contributed by atoms with van der Waals surface area (Å²) in [5.74, 6) is 2.45. The fourth-order valence-electron chi connectivity index (χ4n) is 4.42. The lowest BCUT2D eigenvalue weighted by molar-refractivity contribution is 0.415. The highest BCUT2D eigenvalue weighted by Crippen LogP contribution is 2.32. The van der Waals surface area contributed by atoms with Crippen LogP contribution in [0.25, 0.3) is 27.8 Å². The van der Waals surface area contributed by atoms with Gasteiger partial charge in [0.05, 0.1) is 7.11 Å². The van der Waals surface area contributed by atoms with Crippen molar-refractivity contribution in [1.29, 1.82) is 0 Å². The monoisotopic (exact) mass is 407 g/mol. The van der Waals surface area contributed by atoms with Gasteiger partial charge in [0.1, 0.15) is 5.75 Å². The van der Waals surface area contributed by atoms with Crippen molar-refractivity contribution < 1.29 is 4.74 Å². The Bertz CT molecular complexity index is 1420. The number of rotatable bonds is 3. The molecule has 31 heavy (non-hydrogen) atoms. The topological polar surface area (TPSA) is 55.6 Å². The second-order valence-corrected chi connectivity index (χ2v) is 7.80. The minimum Gasteiger partial charge on any atom is -0.497 e. The highest BCUT2D eigenvalue weighted by molar-refractivity contribution is 6.00. The van der Waals surface area contributed by atoms with Crippen LogP contribution in [0, 0.1) is 0 Å². The van der Waals surface area contributed by atoms with E-state index in [9.17, 15) is 0 Å². The smallest absolute Gasteiger partial charge is 0.186 e. The number of methoxy groups -OCH3 is 1. The zero-order chi connectivity index (χ0) is 20.8. The van der Waals surface area contributed by atoms with Crippen molar-refractivity contribution in [3.8, 4) is 17.1 Å². The van der Waals surface area contributed by atoms with E-state index >= 15 is 0 Å². The molecule has 2 aromatic heterocycles. The molecule has 6 rings (SSSR count).